The first-order valence-corrected chi connectivity index (χ1v) is 7.46. The van der Waals surface area contributed by atoms with Crippen molar-refractivity contribution in [1.29, 1.82) is 0 Å². The van der Waals surface area contributed by atoms with Crippen molar-refractivity contribution in [2.45, 2.75) is 25.8 Å². The zero-order valence-corrected chi connectivity index (χ0v) is 13.0. The van der Waals surface area contributed by atoms with E-state index in [0.29, 0.717) is 35.5 Å². The van der Waals surface area contributed by atoms with Crippen LogP contribution in [0, 0.1) is 0 Å². The van der Waals surface area contributed by atoms with Gasteiger partial charge in [0, 0.05) is 22.9 Å². The smallest absolute Gasteiger partial charge is 0.249 e. The number of nitrogens with one attached hydrogen (secondary N) is 1. The van der Waals surface area contributed by atoms with E-state index in [2.05, 4.69) is 15.5 Å². The number of carbonyl (C=O) groups excluding carboxylic acids is 1. The van der Waals surface area contributed by atoms with Crippen molar-refractivity contribution in [2.24, 2.45) is 0 Å². The van der Waals surface area contributed by atoms with Crippen molar-refractivity contribution >= 4 is 29.1 Å². The van der Waals surface area contributed by atoms with Gasteiger partial charge in [-0.15, -0.1) is 11.6 Å². The molecule has 0 saturated heterocycles. The molecule has 1 atom stereocenters. The van der Waals surface area contributed by atoms with Crippen LogP contribution in [0.2, 0.25) is 5.02 Å². The third-order valence-electron chi connectivity index (χ3n) is 2.81. The normalized spacial score (nSPS) is 12.1. The maximum Gasteiger partial charge on any atom is 0.249 e. The molecule has 0 radical (unpaired) electrons. The molecule has 1 aromatic carbocycles. The van der Waals surface area contributed by atoms with E-state index in [4.69, 9.17) is 27.7 Å². The zero-order chi connectivity index (χ0) is 15.2. The van der Waals surface area contributed by atoms with Crippen LogP contribution in [-0.4, -0.2) is 21.9 Å². The van der Waals surface area contributed by atoms with Crippen molar-refractivity contribution in [1.82, 2.24) is 15.5 Å². The molecule has 1 aromatic heterocycles. The molecule has 0 aliphatic heterocycles. The molecule has 1 heterocycles. The van der Waals surface area contributed by atoms with Gasteiger partial charge >= 0.3 is 0 Å². The molecule has 0 bridgehead atoms. The Labute approximate surface area is 132 Å². The van der Waals surface area contributed by atoms with Gasteiger partial charge in [-0.25, -0.2) is 0 Å². The second-order valence-electron chi connectivity index (χ2n) is 4.55. The fourth-order valence-corrected chi connectivity index (χ4v) is 2.08. The van der Waals surface area contributed by atoms with Crippen molar-refractivity contribution in [3.8, 4) is 11.4 Å². The average Bonchev–Trinajstić information content (AvgIpc) is 2.95. The molecule has 5 nitrogen and oxygen atoms in total. The largest absolute Gasteiger partial charge is 0.345 e. The van der Waals surface area contributed by atoms with Gasteiger partial charge in [0.2, 0.25) is 17.6 Å². The van der Waals surface area contributed by atoms with Crippen molar-refractivity contribution in [3.63, 3.8) is 0 Å². The molecule has 112 valence electrons. The summed E-state index contributed by atoms with van der Waals surface area (Å²) in [7, 11) is 0. The molecule has 1 unspecified atom stereocenters. The molecular formula is C14H15Cl2N3O2. The number of hydrogen-bond acceptors (Lipinski definition) is 4. The number of aromatic nitrogens is 2. The van der Waals surface area contributed by atoms with E-state index >= 15 is 0 Å². The maximum absolute atomic E-state index is 11.6. The summed E-state index contributed by atoms with van der Waals surface area (Å²) in [4.78, 5) is 15.9. The van der Waals surface area contributed by atoms with Gasteiger partial charge in [-0.05, 0) is 25.5 Å². The van der Waals surface area contributed by atoms with Crippen molar-refractivity contribution in [2.75, 3.05) is 5.88 Å². The van der Waals surface area contributed by atoms with Crippen molar-refractivity contribution < 1.29 is 9.32 Å². The van der Waals surface area contributed by atoms with Crippen LogP contribution in [-0.2, 0) is 4.79 Å². The molecule has 0 spiro atoms. The number of benzene rings is 1. The lowest BCUT2D eigenvalue weighted by atomic mass is 10.2. The minimum atomic E-state index is -0.353. The third kappa shape index (κ3) is 4.44. The van der Waals surface area contributed by atoms with Crippen LogP contribution in [0.3, 0.4) is 0 Å². The predicted molar refractivity (Wildman–Crippen MR) is 81.3 cm³/mol. The summed E-state index contributed by atoms with van der Waals surface area (Å²) >= 11 is 11.5. The predicted octanol–water partition coefficient (Wildman–Crippen LogP) is 3.59. The second-order valence-corrected chi connectivity index (χ2v) is 5.36. The summed E-state index contributed by atoms with van der Waals surface area (Å²) in [5.74, 6) is 1.16. The van der Waals surface area contributed by atoms with E-state index in [1.165, 1.54) is 0 Å². The fourth-order valence-electron chi connectivity index (χ4n) is 1.76. The molecule has 0 aliphatic carbocycles. The highest BCUT2D eigenvalue weighted by Gasteiger charge is 2.17. The number of nitrogens with zero attached hydrogens (tertiary/aromatic N) is 2. The number of rotatable bonds is 6. The maximum atomic E-state index is 11.6. The number of alkyl halides is 1. The van der Waals surface area contributed by atoms with Gasteiger partial charge in [0.15, 0.2) is 0 Å². The first-order valence-electron chi connectivity index (χ1n) is 6.55. The quantitative estimate of drug-likeness (QED) is 0.823. The minimum Gasteiger partial charge on any atom is -0.345 e. The van der Waals surface area contributed by atoms with Crippen LogP contribution in [0.5, 0.6) is 0 Å². The Kier molecular flexibility index (Phi) is 5.59. The lowest BCUT2D eigenvalue weighted by Crippen LogP contribution is -2.26. The third-order valence-corrected chi connectivity index (χ3v) is 3.31. The molecule has 21 heavy (non-hydrogen) atoms. The first-order chi connectivity index (χ1) is 10.1. The second kappa shape index (κ2) is 7.43. The Bertz CT molecular complexity index is 616. The van der Waals surface area contributed by atoms with E-state index in [-0.39, 0.29) is 11.9 Å². The Morgan fingerprint density at radius 2 is 2.29 bits per heavy atom. The van der Waals surface area contributed by atoms with Crippen LogP contribution in [0.4, 0.5) is 0 Å². The van der Waals surface area contributed by atoms with Gasteiger partial charge in [-0.2, -0.15) is 4.98 Å². The minimum absolute atomic E-state index is 0.0920. The summed E-state index contributed by atoms with van der Waals surface area (Å²) < 4.78 is 5.18. The monoisotopic (exact) mass is 327 g/mol. The van der Waals surface area contributed by atoms with Crippen LogP contribution >= 0.6 is 23.2 Å². The lowest BCUT2D eigenvalue weighted by molar-refractivity contribution is -0.121. The average molecular weight is 328 g/mol. The van der Waals surface area contributed by atoms with Gasteiger partial charge in [0.25, 0.3) is 0 Å². The molecule has 0 fully saturated rings. The summed E-state index contributed by atoms with van der Waals surface area (Å²) in [6.07, 6.45) is 1.01. The highest BCUT2D eigenvalue weighted by Crippen LogP contribution is 2.21. The highest BCUT2D eigenvalue weighted by atomic mass is 35.5. The van der Waals surface area contributed by atoms with Crippen LogP contribution < -0.4 is 5.32 Å². The van der Waals surface area contributed by atoms with Crippen molar-refractivity contribution in [3.05, 3.63) is 35.2 Å². The standard InChI is InChI=1S/C14H15Cl2N3O2/c1-9(17-12(20)6-3-7-15)14-18-13(19-21-14)10-4-2-5-11(16)8-10/h2,4-5,8-9H,3,6-7H2,1H3,(H,17,20). The summed E-state index contributed by atoms with van der Waals surface area (Å²) in [5.41, 5.74) is 0.762. The van der Waals surface area contributed by atoms with E-state index < -0.39 is 0 Å². The Balaban J connectivity index is 2.04. The summed E-state index contributed by atoms with van der Waals surface area (Å²) in [5, 5.41) is 7.29. The molecule has 2 aromatic rings. The summed E-state index contributed by atoms with van der Waals surface area (Å²) in [6.45, 7) is 1.79. The number of carbonyl (C=O) groups is 1. The van der Waals surface area contributed by atoms with E-state index in [1.54, 1.807) is 19.1 Å². The molecule has 1 amide bonds. The molecule has 0 aliphatic rings. The van der Waals surface area contributed by atoms with Crippen LogP contribution in [0.15, 0.2) is 28.8 Å². The molecule has 1 N–H and O–H groups in total. The highest BCUT2D eigenvalue weighted by molar-refractivity contribution is 6.30. The number of halogens is 2. The molecule has 0 saturated carbocycles. The van der Waals surface area contributed by atoms with E-state index in [1.807, 2.05) is 12.1 Å². The zero-order valence-electron chi connectivity index (χ0n) is 11.5. The number of hydrogen-bond donors (Lipinski definition) is 1. The Morgan fingerprint density at radius 1 is 1.48 bits per heavy atom. The van der Waals surface area contributed by atoms with Crippen LogP contribution in [0.25, 0.3) is 11.4 Å². The fraction of sp³-hybridized carbons (Fsp3) is 0.357. The first kappa shape index (κ1) is 15.8. The molecule has 7 heteroatoms. The van der Waals surface area contributed by atoms with E-state index in [9.17, 15) is 4.79 Å². The summed E-state index contributed by atoms with van der Waals surface area (Å²) in [6, 6.07) is 6.81. The molecular weight excluding hydrogens is 313 g/mol. The Morgan fingerprint density at radius 3 is 3.00 bits per heavy atom. The van der Waals surface area contributed by atoms with Gasteiger partial charge in [-0.1, -0.05) is 28.9 Å². The van der Waals surface area contributed by atoms with Gasteiger partial charge < -0.3 is 9.84 Å². The van der Waals surface area contributed by atoms with Crippen LogP contribution in [0.1, 0.15) is 31.7 Å². The van der Waals surface area contributed by atoms with E-state index in [0.717, 1.165) is 5.56 Å². The van der Waals surface area contributed by atoms with Gasteiger partial charge in [0.05, 0.1) is 0 Å². The van der Waals surface area contributed by atoms with Gasteiger partial charge in [-0.3, -0.25) is 4.79 Å². The topological polar surface area (TPSA) is 68.0 Å². The Hall–Kier alpha value is -1.59. The number of amides is 1. The van der Waals surface area contributed by atoms with Gasteiger partial charge in [0.1, 0.15) is 6.04 Å². The molecule has 2 rings (SSSR count). The lowest BCUT2D eigenvalue weighted by Gasteiger charge is -2.08. The SMILES string of the molecule is CC(NC(=O)CCCCl)c1nc(-c2cccc(Cl)c2)no1.